The Morgan fingerprint density at radius 2 is 2.00 bits per heavy atom. The van der Waals surface area contributed by atoms with Gasteiger partial charge in [0.05, 0.1) is 17.7 Å². The second-order valence-corrected chi connectivity index (χ2v) is 9.73. The number of guanidine groups is 1. The zero-order valence-electron chi connectivity index (χ0n) is 18.6. The molecule has 6 nitrogen and oxygen atoms in total. The third-order valence-corrected chi connectivity index (χ3v) is 7.15. The summed E-state index contributed by atoms with van der Waals surface area (Å²) in [5.41, 5.74) is 5.70. The van der Waals surface area contributed by atoms with Crippen molar-refractivity contribution in [1.82, 2.24) is 5.06 Å². The van der Waals surface area contributed by atoms with Crippen LogP contribution in [0.3, 0.4) is 0 Å². The summed E-state index contributed by atoms with van der Waals surface area (Å²) in [7, 11) is 1.73. The van der Waals surface area contributed by atoms with Crippen LogP contribution in [0.2, 0.25) is 0 Å². The second kappa shape index (κ2) is 7.49. The van der Waals surface area contributed by atoms with Crippen molar-refractivity contribution in [3.05, 3.63) is 23.3 Å². The maximum absolute atomic E-state index is 12.8. The molecular weight excluding hydrogens is 411 g/mol. The lowest BCUT2D eigenvalue weighted by atomic mass is 9.67. The lowest BCUT2D eigenvalue weighted by Gasteiger charge is -2.45. The van der Waals surface area contributed by atoms with Gasteiger partial charge in [-0.15, -0.1) is 0 Å². The van der Waals surface area contributed by atoms with Crippen LogP contribution in [-0.2, 0) is 14.3 Å². The first-order valence-electron chi connectivity index (χ1n) is 10.9. The van der Waals surface area contributed by atoms with E-state index in [1.807, 2.05) is 19.9 Å². The van der Waals surface area contributed by atoms with Gasteiger partial charge in [-0.2, -0.15) is 13.2 Å². The van der Waals surface area contributed by atoms with Gasteiger partial charge in [-0.25, -0.2) is 14.9 Å². The van der Waals surface area contributed by atoms with Gasteiger partial charge in [0.15, 0.2) is 0 Å². The number of fused-ring (bicyclic) bond motifs is 3. The molecule has 0 aromatic heterocycles. The number of nitrogens with two attached hydrogens (primary N) is 1. The highest BCUT2D eigenvalue weighted by molar-refractivity contribution is 5.80. The average Bonchev–Trinajstić information content (AvgIpc) is 3.17. The van der Waals surface area contributed by atoms with Gasteiger partial charge in [0.1, 0.15) is 6.61 Å². The maximum atomic E-state index is 12.8. The summed E-state index contributed by atoms with van der Waals surface area (Å²) in [5.74, 6) is 0.300. The van der Waals surface area contributed by atoms with E-state index >= 15 is 0 Å². The smallest absolute Gasteiger partial charge is 0.381 e. The van der Waals surface area contributed by atoms with E-state index in [1.165, 1.54) is 0 Å². The van der Waals surface area contributed by atoms with Crippen molar-refractivity contribution >= 4 is 5.96 Å². The van der Waals surface area contributed by atoms with Crippen molar-refractivity contribution in [1.29, 1.82) is 0 Å². The summed E-state index contributed by atoms with van der Waals surface area (Å²) >= 11 is 0. The minimum absolute atomic E-state index is 0.0272. The molecule has 2 N–H and O–H groups in total. The van der Waals surface area contributed by atoms with Crippen molar-refractivity contribution in [3.8, 4) is 0 Å². The summed E-state index contributed by atoms with van der Waals surface area (Å²) in [6, 6.07) is -0.0272. The topological polar surface area (TPSA) is 69.3 Å². The zero-order valence-corrected chi connectivity index (χ0v) is 18.6. The zero-order chi connectivity index (χ0) is 22.7. The second-order valence-electron chi connectivity index (χ2n) is 9.73. The van der Waals surface area contributed by atoms with E-state index in [1.54, 1.807) is 25.2 Å². The van der Waals surface area contributed by atoms with E-state index in [-0.39, 0.29) is 17.6 Å². The molecule has 0 amide bonds. The predicted molar refractivity (Wildman–Crippen MR) is 110 cm³/mol. The number of nitrogens with zero attached hydrogens (tertiary/aromatic N) is 2. The van der Waals surface area contributed by atoms with E-state index in [9.17, 15) is 13.2 Å². The molecule has 1 heterocycles. The highest BCUT2D eigenvalue weighted by Gasteiger charge is 2.66. The maximum Gasteiger partial charge on any atom is 0.411 e. The van der Waals surface area contributed by atoms with Gasteiger partial charge in [-0.3, -0.25) is 0 Å². The number of alkyl halides is 3. The van der Waals surface area contributed by atoms with E-state index in [4.69, 9.17) is 25.0 Å². The van der Waals surface area contributed by atoms with Gasteiger partial charge in [0.2, 0.25) is 11.7 Å². The summed E-state index contributed by atoms with van der Waals surface area (Å²) in [4.78, 5) is 11.4. The Balaban J connectivity index is 1.74. The number of hydroxylamine groups is 2. The molecule has 2 fully saturated rings. The monoisotopic (exact) mass is 443 g/mol. The molecule has 2 saturated carbocycles. The first-order chi connectivity index (χ1) is 14.4. The minimum Gasteiger partial charge on any atom is -0.381 e. The van der Waals surface area contributed by atoms with Gasteiger partial charge in [-0.05, 0) is 70.9 Å². The fraction of sp³-hybridized carbons (Fsp3) is 0.773. The van der Waals surface area contributed by atoms with E-state index in [2.05, 4.69) is 0 Å². The molecule has 4 rings (SSSR count). The molecule has 0 radical (unpaired) electrons. The number of halogens is 3. The summed E-state index contributed by atoms with van der Waals surface area (Å²) in [6.45, 7) is 4.32. The molecule has 1 aliphatic heterocycles. The van der Waals surface area contributed by atoms with Crippen molar-refractivity contribution in [2.45, 2.75) is 88.9 Å². The van der Waals surface area contributed by atoms with Crippen molar-refractivity contribution < 1.29 is 27.5 Å². The standard InChI is InChI=1S/C22H32F3N3O3/c1-14(2)28-18(26)27-22(31-28)17-12-19(3,30-13-21(23,24)25)8-5-15(17)11-20(22)9-6-16(29-4)7-10-20/h5,12,14,16H,6-11,13H2,1-4H3,(H2,26,27). The van der Waals surface area contributed by atoms with Crippen LogP contribution in [0.1, 0.15) is 59.3 Å². The van der Waals surface area contributed by atoms with E-state index in [0.29, 0.717) is 12.4 Å². The predicted octanol–water partition coefficient (Wildman–Crippen LogP) is 4.23. The van der Waals surface area contributed by atoms with Crippen molar-refractivity contribution in [2.24, 2.45) is 16.1 Å². The summed E-state index contributed by atoms with van der Waals surface area (Å²) < 4.78 is 49.5. The molecule has 0 aromatic carbocycles. The normalized spacial score (nSPS) is 38.0. The molecule has 0 saturated heterocycles. The Labute approximate surface area is 181 Å². The number of hydrogen-bond acceptors (Lipinski definition) is 6. The Bertz CT molecular complexity index is 815. The molecule has 3 aliphatic carbocycles. The molecule has 2 atom stereocenters. The Morgan fingerprint density at radius 1 is 1.32 bits per heavy atom. The van der Waals surface area contributed by atoms with Crippen molar-refractivity contribution in [3.63, 3.8) is 0 Å². The molecule has 9 heteroatoms. The van der Waals surface area contributed by atoms with Crippen LogP contribution in [0.4, 0.5) is 13.2 Å². The van der Waals surface area contributed by atoms with Crippen molar-refractivity contribution in [2.75, 3.05) is 13.7 Å². The highest BCUT2D eigenvalue weighted by atomic mass is 19.4. The largest absolute Gasteiger partial charge is 0.411 e. The van der Waals surface area contributed by atoms with Crippen LogP contribution >= 0.6 is 0 Å². The first kappa shape index (κ1) is 22.6. The van der Waals surface area contributed by atoms with Crippen LogP contribution < -0.4 is 5.73 Å². The van der Waals surface area contributed by atoms with Gasteiger partial charge in [0, 0.05) is 18.1 Å². The summed E-state index contributed by atoms with van der Waals surface area (Å²) in [6.07, 6.45) is 4.16. The van der Waals surface area contributed by atoms with Crippen LogP contribution in [-0.4, -0.2) is 54.4 Å². The lowest BCUT2D eigenvalue weighted by molar-refractivity contribution is -0.225. The average molecular weight is 444 g/mol. The number of ether oxygens (including phenoxy) is 2. The Morgan fingerprint density at radius 3 is 2.55 bits per heavy atom. The molecule has 0 bridgehead atoms. The molecule has 4 aliphatic rings. The van der Waals surface area contributed by atoms with Crippen LogP contribution in [0.5, 0.6) is 0 Å². The van der Waals surface area contributed by atoms with Crippen LogP contribution in [0.15, 0.2) is 28.3 Å². The lowest BCUT2D eigenvalue weighted by Crippen LogP contribution is -2.50. The Hall–Kier alpha value is -1.58. The van der Waals surface area contributed by atoms with Crippen LogP contribution in [0, 0.1) is 5.41 Å². The molecule has 2 spiro atoms. The Kier molecular flexibility index (Phi) is 5.46. The fourth-order valence-corrected chi connectivity index (χ4v) is 5.50. The number of rotatable bonds is 4. The van der Waals surface area contributed by atoms with Gasteiger partial charge < -0.3 is 15.2 Å². The number of methoxy groups -OCH3 is 1. The summed E-state index contributed by atoms with van der Waals surface area (Å²) in [5, 5.41) is 1.62. The van der Waals surface area contributed by atoms with E-state index in [0.717, 1.165) is 43.3 Å². The minimum atomic E-state index is -4.39. The SMILES string of the molecule is COC1CCC2(CC1)CC1=CCC(C)(OCC(F)(F)F)C=C1C21N=C(N)N(C(C)C)O1. The molecular formula is C22H32F3N3O3. The molecule has 0 aromatic rings. The third kappa shape index (κ3) is 3.78. The third-order valence-electron chi connectivity index (χ3n) is 7.15. The molecule has 31 heavy (non-hydrogen) atoms. The molecule has 174 valence electrons. The molecule has 2 unspecified atom stereocenters. The van der Waals surface area contributed by atoms with Gasteiger partial charge >= 0.3 is 6.18 Å². The first-order valence-corrected chi connectivity index (χ1v) is 10.9. The number of aliphatic imine (C=N–C) groups is 1. The van der Waals surface area contributed by atoms with Gasteiger partial charge in [-0.1, -0.05) is 6.08 Å². The highest BCUT2D eigenvalue weighted by Crippen LogP contribution is 2.64. The number of hydrogen-bond donors (Lipinski definition) is 1. The fourth-order valence-electron chi connectivity index (χ4n) is 5.50. The van der Waals surface area contributed by atoms with Crippen LogP contribution in [0.25, 0.3) is 0 Å². The van der Waals surface area contributed by atoms with Gasteiger partial charge in [0.25, 0.3) is 0 Å². The quantitative estimate of drug-likeness (QED) is 0.704. The van der Waals surface area contributed by atoms with E-state index < -0.39 is 24.1 Å².